The molecule has 1 aliphatic rings. The molecule has 0 radical (unpaired) electrons. The highest BCUT2D eigenvalue weighted by molar-refractivity contribution is 6.33. The Labute approximate surface area is 194 Å². The number of benzene rings is 1. The van der Waals surface area contributed by atoms with E-state index in [1.807, 2.05) is 18.3 Å². The Kier molecular flexibility index (Phi) is 8.25. The zero-order valence-corrected chi connectivity index (χ0v) is 19.4. The van der Waals surface area contributed by atoms with Crippen LogP contribution in [-0.2, 0) is 4.79 Å². The minimum Gasteiger partial charge on any atom is -0.404 e. The van der Waals surface area contributed by atoms with Gasteiger partial charge in [0.15, 0.2) is 0 Å². The smallest absolute Gasteiger partial charge is 0.207 e. The molecular formula is C24H31ClN6O. The molecule has 1 aromatic heterocycles. The largest absolute Gasteiger partial charge is 0.404 e. The second-order valence-electron chi connectivity index (χ2n) is 8.15. The Balaban J connectivity index is 1.78. The maximum Gasteiger partial charge on any atom is 0.207 e. The number of nitrogens with one attached hydrogen (secondary N) is 2. The topological polar surface area (TPSA) is 95.6 Å². The van der Waals surface area contributed by atoms with E-state index in [0.717, 1.165) is 66.8 Å². The number of hydrogen-bond donors (Lipinski definition) is 3. The molecule has 1 aliphatic heterocycles. The lowest BCUT2D eigenvalue weighted by atomic mass is 9.89. The summed E-state index contributed by atoms with van der Waals surface area (Å²) >= 11 is 6.64. The highest BCUT2D eigenvalue weighted by Gasteiger charge is 2.31. The SMILES string of the molecule is CN=CC(=CN)c1ccc(-c2cncc(Cl)c2N2CCC(C)(NCCNC=O)CC2)cc1. The van der Waals surface area contributed by atoms with Crippen LogP contribution in [0.25, 0.3) is 16.7 Å². The number of nitrogens with zero attached hydrogens (tertiary/aromatic N) is 3. The van der Waals surface area contributed by atoms with Gasteiger partial charge in [-0.05, 0) is 30.9 Å². The van der Waals surface area contributed by atoms with E-state index < -0.39 is 0 Å². The number of pyridine rings is 1. The van der Waals surface area contributed by atoms with Crippen LogP contribution in [-0.4, -0.2) is 56.4 Å². The summed E-state index contributed by atoms with van der Waals surface area (Å²) in [5.41, 5.74) is 10.7. The zero-order valence-electron chi connectivity index (χ0n) is 18.6. The van der Waals surface area contributed by atoms with Crippen molar-refractivity contribution in [2.75, 3.05) is 38.1 Å². The van der Waals surface area contributed by atoms with Crippen molar-refractivity contribution < 1.29 is 4.79 Å². The predicted octanol–water partition coefficient (Wildman–Crippen LogP) is 3.10. The standard InChI is InChI=1S/C24H31ClN6O/c1-24(30-10-9-28-17-32)7-11-31(12-8-24)23-21(15-29-16-22(23)25)19-5-3-18(4-6-19)20(13-26)14-27-2/h3-6,13-17,30H,7-12,26H2,1-2H3,(H,28,32). The monoisotopic (exact) mass is 454 g/mol. The van der Waals surface area contributed by atoms with E-state index in [4.69, 9.17) is 17.3 Å². The van der Waals surface area contributed by atoms with E-state index in [2.05, 4.69) is 44.6 Å². The third kappa shape index (κ3) is 5.66. The van der Waals surface area contributed by atoms with Crippen LogP contribution in [0, 0.1) is 0 Å². The van der Waals surface area contributed by atoms with Crippen molar-refractivity contribution in [3.63, 3.8) is 0 Å². The number of aromatic nitrogens is 1. The lowest BCUT2D eigenvalue weighted by Crippen LogP contribution is -2.52. The first-order valence-corrected chi connectivity index (χ1v) is 11.1. The van der Waals surface area contributed by atoms with Crippen molar-refractivity contribution in [1.82, 2.24) is 15.6 Å². The second-order valence-corrected chi connectivity index (χ2v) is 8.56. The molecule has 0 atom stereocenters. The van der Waals surface area contributed by atoms with E-state index in [1.165, 1.54) is 0 Å². The Morgan fingerprint density at radius 1 is 1.25 bits per heavy atom. The average Bonchev–Trinajstić information content (AvgIpc) is 2.81. The summed E-state index contributed by atoms with van der Waals surface area (Å²) < 4.78 is 0. The molecule has 0 unspecified atom stereocenters. The summed E-state index contributed by atoms with van der Waals surface area (Å²) in [5.74, 6) is 0. The van der Waals surface area contributed by atoms with Crippen LogP contribution in [0.5, 0.6) is 0 Å². The summed E-state index contributed by atoms with van der Waals surface area (Å²) in [7, 11) is 1.73. The zero-order chi connectivity index (χ0) is 23.0. The molecule has 1 aromatic carbocycles. The number of anilines is 1. The molecule has 1 saturated heterocycles. The summed E-state index contributed by atoms with van der Waals surface area (Å²) in [6.07, 6.45) is 9.58. The van der Waals surface area contributed by atoms with Crippen LogP contribution < -0.4 is 21.3 Å². The number of halogens is 1. The average molecular weight is 455 g/mol. The van der Waals surface area contributed by atoms with Gasteiger partial charge in [-0.15, -0.1) is 0 Å². The first-order valence-electron chi connectivity index (χ1n) is 10.8. The number of hydrogen-bond acceptors (Lipinski definition) is 6. The number of piperidine rings is 1. The first kappa shape index (κ1) is 23.8. The van der Waals surface area contributed by atoms with Crippen LogP contribution in [0.15, 0.2) is 47.9 Å². The van der Waals surface area contributed by atoms with Gasteiger partial charge in [-0.1, -0.05) is 35.9 Å². The van der Waals surface area contributed by atoms with Crippen LogP contribution in [0.4, 0.5) is 5.69 Å². The van der Waals surface area contributed by atoms with Gasteiger partial charge in [-0.25, -0.2) is 0 Å². The van der Waals surface area contributed by atoms with Gasteiger partial charge < -0.3 is 21.3 Å². The first-order chi connectivity index (χ1) is 15.5. The van der Waals surface area contributed by atoms with Gasteiger partial charge in [-0.2, -0.15) is 0 Å². The van der Waals surface area contributed by atoms with Gasteiger partial charge in [0.2, 0.25) is 6.41 Å². The predicted molar refractivity (Wildman–Crippen MR) is 133 cm³/mol. The summed E-state index contributed by atoms with van der Waals surface area (Å²) in [6, 6.07) is 8.19. The molecule has 2 aromatic rings. The molecule has 0 bridgehead atoms. The lowest BCUT2D eigenvalue weighted by Gasteiger charge is -2.42. The Morgan fingerprint density at radius 2 is 1.97 bits per heavy atom. The fourth-order valence-electron chi connectivity index (χ4n) is 4.05. The molecular weight excluding hydrogens is 424 g/mol. The highest BCUT2D eigenvalue weighted by Crippen LogP contribution is 2.38. The number of carbonyl (C=O) groups excluding carboxylic acids is 1. The maximum absolute atomic E-state index is 10.4. The Bertz CT molecular complexity index is 965. The molecule has 8 heteroatoms. The molecule has 1 amide bonds. The molecule has 0 saturated carbocycles. The third-order valence-corrected chi connectivity index (χ3v) is 6.21. The van der Waals surface area contributed by atoms with Gasteiger partial charge in [0.05, 0.1) is 10.7 Å². The number of rotatable bonds is 9. The van der Waals surface area contributed by atoms with Crippen LogP contribution >= 0.6 is 11.6 Å². The number of nitrogens with two attached hydrogens (primary N) is 1. The van der Waals surface area contributed by atoms with Crippen molar-refractivity contribution in [2.45, 2.75) is 25.3 Å². The number of amides is 1. The van der Waals surface area contributed by atoms with E-state index in [0.29, 0.717) is 11.6 Å². The highest BCUT2D eigenvalue weighted by atomic mass is 35.5. The molecule has 170 valence electrons. The molecule has 7 nitrogen and oxygen atoms in total. The van der Waals surface area contributed by atoms with Gasteiger partial charge >= 0.3 is 0 Å². The van der Waals surface area contributed by atoms with E-state index in [-0.39, 0.29) is 5.54 Å². The summed E-state index contributed by atoms with van der Waals surface area (Å²) in [4.78, 5) is 21.2. The Hall–Kier alpha value is -2.90. The minimum atomic E-state index is 0.0359. The third-order valence-electron chi connectivity index (χ3n) is 5.94. The normalized spacial score (nSPS) is 16.3. The molecule has 4 N–H and O–H groups in total. The van der Waals surface area contributed by atoms with Crippen LogP contribution in [0.3, 0.4) is 0 Å². The molecule has 2 heterocycles. The number of aliphatic imine (C=N–C) groups is 1. The quantitative estimate of drug-likeness (QED) is 0.307. The summed E-state index contributed by atoms with van der Waals surface area (Å²) in [5, 5.41) is 6.93. The van der Waals surface area contributed by atoms with E-state index in [9.17, 15) is 4.79 Å². The van der Waals surface area contributed by atoms with Gasteiger partial charge in [0, 0.05) is 74.7 Å². The minimum absolute atomic E-state index is 0.0359. The maximum atomic E-state index is 10.4. The molecule has 0 aliphatic carbocycles. The van der Waals surface area contributed by atoms with Gasteiger partial charge in [0.25, 0.3) is 0 Å². The van der Waals surface area contributed by atoms with Crippen LogP contribution in [0.1, 0.15) is 25.3 Å². The van der Waals surface area contributed by atoms with E-state index >= 15 is 0 Å². The summed E-state index contributed by atoms with van der Waals surface area (Å²) in [6.45, 7) is 5.38. The van der Waals surface area contributed by atoms with Crippen molar-refractivity contribution >= 4 is 35.5 Å². The fraction of sp³-hybridized carbons (Fsp3) is 0.375. The van der Waals surface area contributed by atoms with E-state index in [1.54, 1.807) is 25.7 Å². The van der Waals surface area contributed by atoms with Crippen molar-refractivity contribution in [3.05, 3.63) is 53.4 Å². The Morgan fingerprint density at radius 3 is 2.59 bits per heavy atom. The van der Waals surface area contributed by atoms with Crippen molar-refractivity contribution in [1.29, 1.82) is 0 Å². The van der Waals surface area contributed by atoms with Crippen molar-refractivity contribution in [2.24, 2.45) is 10.7 Å². The molecule has 0 spiro atoms. The van der Waals surface area contributed by atoms with Crippen molar-refractivity contribution in [3.8, 4) is 11.1 Å². The lowest BCUT2D eigenvalue weighted by molar-refractivity contribution is -0.109. The number of carbonyl (C=O) groups is 1. The van der Waals surface area contributed by atoms with Gasteiger partial charge in [0.1, 0.15) is 0 Å². The molecule has 32 heavy (non-hydrogen) atoms. The molecule has 1 fully saturated rings. The fourth-order valence-corrected chi connectivity index (χ4v) is 4.33. The molecule has 3 rings (SSSR count). The number of allylic oxidation sites excluding steroid dienone is 1. The van der Waals surface area contributed by atoms with Crippen LogP contribution in [0.2, 0.25) is 5.02 Å². The van der Waals surface area contributed by atoms with Gasteiger partial charge in [-0.3, -0.25) is 14.8 Å². The second kappa shape index (κ2) is 11.1.